The number of carbonyl (C=O) groups is 1. The van der Waals surface area contributed by atoms with E-state index in [1.54, 1.807) is 0 Å². The number of benzene rings is 2. The first-order valence-corrected chi connectivity index (χ1v) is 6.84. The summed E-state index contributed by atoms with van der Waals surface area (Å²) in [6, 6.07) is 15.2. The second-order valence-electron chi connectivity index (χ2n) is 4.55. The zero-order valence-corrected chi connectivity index (χ0v) is 12.1. The highest BCUT2D eigenvalue weighted by Crippen LogP contribution is 2.14. The molecule has 0 aliphatic carbocycles. The first-order valence-electron chi connectivity index (χ1n) is 6.46. The maximum atomic E-state index is 11.7. The number of urea groups is 1. The lowest BCUT2D eigenvalue weighted by Crippen LogP contribution is -2.34. The zero-order valence-electron chi connectivity index (χ0n) is 11.3. The summed E-state index contributed by atoms with van der Waals surface area (Å²) < 4.78 is 0. The van der Waals surface area contributed by atoms with Gasteiger partial charge in [0.15, 0.2) is 0 Å². The van der Waals surface area contributed by atoms with Crippen LogP contribution in [0.2, 0.25) is 5.02 Å². The van der Waals surface area contributed by atoms with Gasteiger partial charge in [0.1, 0.15) is 0 Å². The van der Waals surface area contributed by atoms with Gasteiger partial charge < -0.3 is 10.6 Å². The largest absolute Gasteiger partial charge is 0.334 e. The molecule has 20 heavy (non-hydrogen) atoms. The number of amides is 2. The maximum absolute atomic E-state index is 11.7. The van der Waals surface area contributed by atoms with E-state index >= 15 is 0 Å². The predicted molar refractivity (Wildman–Crippen MR) is 81.7 cm³/mol. The Kier molecular flexibility index (Phi) is 5.02. The number of hydrogen-bond donors (Lipinski definition) is 2. The molecule has 2 rings (SSSR count). The number of halogens is 1. The molecule has 2 N–H and O–H groups in total. The molecule has 2 aromatic rings. The second kappa shape index (κ2) is 6.96. The summed E-state index contributed by atoms with van der Waals surface area (Å²) in [5.41, 5.74) is 3.18. The van der Waals surface area contributed by atoms with Crippen LogP contribution in [0.25, 0.3) is 0 Å². The summed E-state index contributed by atoms with van der Waals surface area (Å²) >= 11 is 6.03. The number of nitrogens with one attached hydrogen (secondary N) is 2. The van der Waals surface area contributed by atoms with E-state index in [1.165, 1.54) is 5.56 Å². The average Bonchev–Trinajstić information content (AvgIpc) is 2.45. The summed E-state index contributed by atoms with van der Waals surface area (Å²) in [6.45, 7) is 2.96. The van der Waals surface area contributed by atoms with Crippen LogP contribution in [0, 0.1) is 6.92 Å². The highest BCUT2D eigenvalue weighted by atomic mass is 35.5. The molecule has 0 aromatic heterocycles. The Bertz CT molecular complexity index is 547. The molecule has 3 nitrogen and oxygen atoms in total. The summed E-state index contributed by atoms with van der Waals surface area (Å²) in [5.74, 6) is 0. The summed E-state index contributed by atoms with van der Waals surface area (Å²) in [5, 5.41) is 6.29. The molecule has 0 aliphatic rings. The Morgan fingerprint density at radius 1 is 0.950 bits per heavy atom. The van der Waals surface area contributed by atoms with E-state index in [0.29, 0.717) is 18.1 Å². The lowest BCUT2D eigenvalue weighted by Gasteiger charge is -2.10. The average molecular weight is 289 g/mol. The normalized spacial score (nSPS) is 10.1. The van der Waals surface area contributed by atoms with E-state index < -0.39 is 0 Å². The molecule has 2 aromatic carbocycles. The SMILES string of the molecule is Cc1ccccc1CNC(=O)NCc1ccccc1Cl. The number of hydrogen-bond acceptors (Lipinski definition) is 1. The van der Waals surface area contributed by atoms with Crippen molar-refractivity contribution in [2.24, 2.45) is 0 Å². The zero-order chi connectivity index (χ0) is 14.4. The van der Waals surface area contributed by atoms with Gasteiger partial charge in [-0.3, -0.25) is 0 Å². The van der Waals surface area contributed by atoms with Crippen LogP contribution in [0.15, 0.2) is 48.5 Å². The van der Waals surface area contributed by atoms with Gasteiger partial charge in [-0.1, -0.05) is 54.1 Å². The minimum absolute atomic E-state index is 0.201. The fourth-order valence-corrected chi connectivity index (χ4v) is 2.07. The fraction of sp³-hybridized carbons (Fsp3) is 0.188. The lowest BCUT2D eigenvalue weighted by molar-refractivity contribution is 0.240. The van der Waals surface area contributed by atoms with E-state index in [-0.39, 0.29) is 6.03 Å². The van der Waals surface area contributed by atoms with Crippen LogP contribution in [-0.4, -0.2) is 6.03 Å². The minimum Gasteiger partial charge on any atom is -0.334 e. The van der Waals surface area contributed by atoms with Crippen molar-refractivity contribution >= 4 is 17.6 Å². The molecule has 104 valence electrons. The monoisotopic (exact) mass is 288 g/mol. The molecule has 0 spiro atoms. The van der Waals surface area contributed by atoms with E-state index in [4.69, 9.17) is 11.6 Å². The first kappa shape index (κ1) is 14.4. The molecule has 0 radical (unpaired) electrons. The van der Waals surface area contributed by atoms with Gasteiger partial charge in [-0.15, -0.1) is 0 Å². The third-order valence-corrected chi connectivity index (χ3v) is 3.47. The van der Waals surface area contributed by atoms with E-state index in [0.717, 1.165) is 11.1 Å². The van der Waals surface area contributed by atoms with Crippen LogP contribution in [0.3, 0.4) is 0 Å². The van der Waals surface area contributed by atoms with Crippen molar-refractivity contribution < 1.29 is 4.79 Å². The van der Waals surface area contributed by atoms with Crippen LogP contribution in [0.5, 0.6) is 0 Å². The van der Waals surface area contributed by atoms with Crippen molar-refractivity contribution in [1.29, 1.82) is 0 Å². The Labute approximate surface area is 124 Å². The third kappa shape index (κ3) is 4.00. The standard InChI is InChI=1S/C16H17ClN2O/c1-12-6-2-3-7-13(12)10-18-16(20)19-11-14-8-4-5-9-15(14)17/h2-9H,10-11H2,1H3,(H2,18,19,20). The van der Waals surface area contributed by atoms with Gasteiger partial charge >= 0.3 is 6.03 Å². The smallest absolute Gasteiger partial charge is 0.315 e. The quantitative estimate of drug-likeness (QED) is 0.886. The first-order chi connectivity index (χ1) is 9.66. The molecular weight excluding hydrogens is 272 g/mol. The molecular formula is C16H17ClN2O. The van der Waals surface area contributed by atoms with Gasteiger partial charge in [0.2, 0.25) is 0 Å². The second-order valence-corrected chi connectivity index (χ2v) is 4.96. The summed E-state index contributed by atoms with van der Waals surface area (Å²) in [6.07, 6.45) is 0. The third-order valence-electron chi connectivity index (χ3n) is 3.10. The molecule has 0 atom stereocenters. The molecule has 0 aliphatic heterocycles. The van der Waals surface area contributed by atoms with Crippen molar-refractivity contribution in [3.8, 4) is 0 Å². The number of aryl methyl sites for hydroxylation is 1. The molecule has 0 heterocycles. The van der Waals surface area contributed by atoms with Gasteiger partial charge in [0.25, 0.3) is 0 Å². The highest BCUT2D eigenvalue weighted by Gasteiger charge is 2.04. The Hall–Kier alpha value is -2.00. The molecule has 0 bridgehead atoms. The van der Waals surface area contributed by atoms with Gasteiger partial charge in [0.05, 0.1) is 0 Å². The van der Waals surface area contributed by atoms with Gasteiger partial charge in [-0.2, -0.15) is 0 Å². The van der Waals surface area contributed by atoms with Crippen LogP contribution < -0.4 is 10.6 Å². The Morgan fingerprint density at radius 3 is 2.15 bits per heavy atom. The van der Waals surface area contributed by atoms with Crippen LogP contribution in [0.1, 0.15) is 16.7 Å². The van der Waals surface area contributed by atoms with Gasteiger partial charge in [-0.05, 0) is 29.7 Å². The van der Waals surface area contributed by atoms with Crippen molar-refractivity contribution in [2.75, 3.05) is 0 Å². The summed E-state index contributed by atoms with van der Waals surface area (Å²) in [4.78, 5) is 11.7. The van der Waals surface area contributed by atoms with E-state index in [1.807, 2.05) is 55.5 Å². The van der Waals surface area contributed by atoms with E-state index in [9.17, 15) is 4.79 Å². The minimum atomic E-state index is -0.201. The summed E-state index contributed by atoms with van der Waals surface area (Å²) in [7, 11) is 0. The van der Waals surface area contributed by atoms with Gasteiger partial charge in [0, 0.05) is 18.1 Å². The van der Waals surface area contributed by atoms with Crippen molar-refractivity contribution in [3.63, 3.8) is 0 Å². The van der Waals surface area contributed by atoms with Crippen LogP contribution >= 0.6 is 11.6 Å². The Balaban J connectivity index is 1.82. The van der Waals surface area contributed by atoms with Crippen molar-refractivity contribution in [1.82, 2.24) is 10.6 Å². The number of carbonyl (C=O) groups excluding carboxylic acids is 1. The molecule has 0 saturated carbocycles. The van der Waals surface area contributed by atoms with Crippen molar-refractivity contribution in [2.45, 2.75) is 20.0 Å². The molecule has 0 fully saturated rings. The molecule has 4 heteroatoms. The molecule has 0 saturated heterocycles. The fourth-order valence-electron chi connectivity index (χ4n) is 1.86. The van der Waals surface area contributed by atoms with E-state index in [2.05, 4.69) is 10.6 Å². The van der Waals surface area contributed by atoms with Crippen LogP contribution in [-0.2, 0) is 13.1 Å². The van der Waals surface area contributed by atoms with Crippen molar-refractivity contribution in [3.05, 3.63) is 70.2 Å². The molecule has 0 unspecified atom stereocenters. The lowest BCUT2D eigenvalue weighted by atomic mass is 10.1. The molecule has 2 amide bonds. The Morgan fingerprint density at radius 2 is 1.50 bits per heavy atom. The highest BCUT2D eigenvalue weighted by molar-refractivity contribution is 6.31. The predicted octanol–water partition coefficient (Wildman–Crippen LogP) is 3.65. The maximum Gasteiger partial charge on any atom is 0.315 e. The topological polar surface area (TPSA) is 41.1 Å². The van der Waals surface area contributed by atoms with Gasteiger partial charge in [-0.25, -0.2) is 4.79 Å². The van der Waals surface area contributed by atoms with Crippen LogP contribution in [0.4, 0.5) is 4.79 Å². The number of rotatable bonds is 4.